The summed E-state index contributed by atoms with van der Waals surface area (Å²) in [4.78, 5) is 10.5. The summed E-state index contributed by atoms with van der Waals surface area (Å²) >= 11 is 0. The van der Waals surface area contributed by atoms with Gasteiger partial charge in [0.05, 0.1) is 18.8 Å². The molecule has 0 aromatic carbocycles. The number of aliphatic imine (C=N–C) groups is 1. The highest BCUT2D eigenvalue weighted by Gasteiger charge is 2.25. The van der Waals surface area contributed by atoms with Crippen LogP contribution in [0, 0.1) is 0 Å². The maximum Gasteiger partial charge on any atom is 0.319 e. The Balaban J connectivity index is 0.00000261. The van der Waals surface area contributed by atoms with Crippen molar-refractivity contribution < 1.29 is 13.2 Å². The van der Waals surface area contributed by atoms with Crippen LogP contribution in [-0.4, -0.2) is 47.1 Å². The Hall–Kier alpha value is -1.69. The van der Waals surface area contributed by atoms with Crippen LogP contribution in [0.5, 0.6) is 0 Å². The summed E-state index contributed by atoms with van der Waals surface area (Å²) in [5.74, 6) is 1.69. The van der Waals surface area contributed by atoms with E-state index in [1.54, 1.807) is 13.3 Å². The molecule has 0 aliphatic carbocycles. The summed E-state index contributed by atoms with van der Waals surface area (Å²) < 4.78 is 32.2. The summed E-state index contributed by atoms with van der Waals surface area (Å²) in [5, 5.41) is 6.29. The second kappa shape index (κ2) is 10.6. The average molecular weight is 494 g/mol. The highest BCUT2D eigenvalue weighted by Crippen LogP contribution is 2.24. The maximum absolute atomic E-state index is 12.9. The fourth-order valence-electron chi connectivity index (χ4n) is 3.18. The first-order chi connectivity index (χ1) is 12.7. The van der Waals surface area contributed by atoms with Gasteiger partial charge in [0.15, 0.2) is 5.96 Å². The fraction of sp³-hybridized carbons (Fsp3) is 0.529. The predicted molar refractivity (Wildman–Crippen MR) is 109 cm³/mol. The van der Waals surface area contributed by atoms with Crippen molar-refractivity contribution in [3.63, 3.8) is 0 Å². The number of nitrogens with one attached hydrogen (secondary N) is 2. The molecule has 1 aliphatic heterocycles. The molecule has 0 amide bonds. The van der Waals surface area contributed by atoms with Gasteiger partial charge >= 0.3 is 6.55 Å². The topological polar surface area (TPSA) is 70.6 Å². The van der Waals surface area contributed by atoms with E-state index < -0.39 is 6.55 Å². The van der Waals surface area contributed by atoms with E-state index in [0.29, 0.717) is 12.5 Å². The largest absolute Gasteiger partial charge is 0.468 e. The zero-order valence-corrected chi connectivity index (χ0v) is 17.5. The number of hydrogen-bond acceptors (Lipinski definition) is 4. The van der Waals surface area contributed by atoms with Crippen molar-refractivity contribution in [1.82, 2.24) is 25.1 Å². The number of halogens is 3. The monoisotopic (exact) mass is 494 g/mol. The fourth-order valence-corrected chi connectivity index (χ4v) is 3.18. The molecule has 2 aromatic heterocycles. The lowest BCUT2D eigenvalue weighted by atomic mass is 10.2. The number of alkyl halides is 2. The minimum Gasteiger partial charge on any atom is -0.468 e. The molecule has 150 valence electrons. The Bertz CT molecular complexity index is 700. The minimum atomic E-state index is -2.61. The molecule has 10 heteroatoms. The average Bonchev–Trinajstić information content (AvgIpc) is 3.40. The highest BCUT2D eigenvalue weighted by atomic mass is 127. The number of rotatable bonds is 7. The van der Waals surface area contributed by atoms with Crippen LogP contribution in [0.15, 0.2) is 40.2 Å². The van der Waals surface area contributed by atoms with Gasteiger partial charge in [0.25, 0.3) is 0 Å². The summed E-state index contributed by atoms with van der Waals surface area (Å²) in [7, 11) is 1.65. The van der Waals surface area contributed by atoms with E-state index in [-0.39, 0.29) is 42.4 Å². The zero-order valence-electron chi connectivity index (χ0n) is 15.1. The number of hydrogen-bond donors (Lipinski definition) is 2. The van der Waals surface area contributed by atoms with Gasteiger partial charge in [-0.05, 0) is 38.1 Å². The van der Waals surface area contributed by atoms with Crippen molar-refractivity contribution in [2.45, 2.75) is 32.0 Å². The van der Waals surface area contributed by atoms with E-state index in [1.165, 1.54) is 25.2 Å². The van der Waals surface area contributed by atoms with Gasteiger partial charge in [-0.25, -0.2) is 4.98 Å². The quantitative estimate of drug-likeness (QED) is 0.352. The normalized spacial score (nSPS) is 16.4. The number of aromatic nitrogens is 2. The molecule has 1 unspecified atom stereocenters. The molecule has 27 heavy (non-hydrogen) atoms. The molecule has 2 N–H and O–H groups in total. The van der Waals surface area contributed by atoms with Crippen LogP contribution < -0.4 is 10.6 Å². The van der Waals surface area contributed by atoms with Gasteiger partial charge in [-0.3, -0.25) is 14.5 Å². The smallest absolute Gasteiger partial charge is 0.319 e. The zero-order chi connectivity index (χ0) is 18.4. The lowest BCUT2D eigenvalue weighted by molar-refractivity contribution is 0.0668. The lowest BCUT2D eigenvalue weighted by Gasteiger charge is -2.26. The third-order valence-electron chi connectivity index (χ3n) is 4.51. The van der Waals surface area contributed by atoms with Gasteiger partial charge in [-0.15, -0.1) is 24.0 Å². The Morgan fingerprint density at radius 3 is 2.74 bits per heavy atom. The molecule has 3 rings (SSSR count). The maximum atomic E-state index is 12.9. The molecule has 1 fully saturated rings. The summed E-state index contributed by atoms with van der Waals surface area (Å²) in [6.07, 6.45) is 6.66. The van der Waals surface area contributed by atoms with Gasteiger partial charge in [0, 0.05) is 26.0 Å². The van der Waals surface area contributed by atoms with Crippen molar-refractivity contribution in [1.29, 1.82) is 0 Å². The molecule has 0 spiro atoms. The predicted octanol–water partition coefficient (Wildman–Crippen LogP) is 2.99. The minimum absolute atomic E-state index is 0. The second-order valence-corrected chi connectivity index (χ2v) is 6.11. The van der Waals surface area contributed by atoms with E-state index in [2.05, 4.69) is 25.5 Å². The Morgan fingerprint density at radius 1 is 1.33 bits per heavy atom. The number of furan rings is 1. The van der Waals surface area contributed by atoms with Crippen LogP contribution in [0.3, 0.4) is 0 Å². The van der Waals surface area contributed by atoms with Crippen molar-refractivity contribution in [2.75, 3.05) is 26.7 Å². The molecule has 3 heterocycles. The first kappa shape index (κ1) is 21.6. The van der Waals surface area contributed by atoms with Crippen molar-refractivity contribution in [3.05, 3.63) is 42.4 Å². The van der Waals surface area contributed by atoms with E-state index in [4.69, 9.17) is 4.42 Å². The molecule has 1 atom stereocenters. The molecule has 0 saturated carbocycles. The molecular formula is C17H25F2IN6O. The lowest BCUT2D eigenvalue weighted by Crippen LogP contribution is -2.42. The third kappa shape index (κ3) is 5.64. The standard InChI is InChI=1S/C17H24F2N6O.HI/c1-20-17(23-12-15-21-6-9-25(15)16(18)19)22-11-13(14-5-4-10-26-14)24-7-2-3-8-24;/h4-6,9-10,13,16H,2-3,7-8,11-12H2,1H3,(H2,20,22,23);1H. The van der Waals surface area contributed by atoms with Crippen LogP contribution in [-0.2, 0) is 6.54 Å². The first-order valence-electron chi connectivity index (χ1n) is 8.71. The molecule has 0 radical (unpaired) electrons. The molecule has 2 aromatic rings. The summed E-state index contributed by atoms with van der Waals surface area (Å²) in [5.41, 5.74) is 0. The Kier molecular flexibility index (Phi) is 8.48. The van der Waals surface area contributed by atoms with Gasteiger partial charge in [-0.2, -0.15) is 8.78 Å². The number of guanidine groups is 1. The third-order valence-corrected chi connectivity index (χ3v) is 4.51. The van der Waals surface area contributed by atoms with Crippen LogP contribution in [0.2, 0.25) is 0 Å². The van der Waals surface area contributed by atoms with E-state index in [0.717, 1.165) is 23.4 Å². The highest BCUT2D eigenvalue weighted by molar-refractivity contribution is 14.0. The van der Waals surface area contributed by atoms with E-state index in [9.17, 15) is 8.78 Å². The van der Waals surface area contributed by atoms with Crippen LogP contribution in [0.4, 0.5) is 8.78 Å². The summed E-state index contributed by atoms with van der Waals surface area (Å²) in [6, 6.07) is 3.96. The number of likely N-dealkylation sites (tertiary alicyclic amines) is 1. The number of nitrogens with zero attached hydrogens (tertiary/aromatic N) is 4. The molecular weight excluding hydrogens is 469 g/mol. The van der Waals surface area contributed by atoms with Crippen molar-refractivity contribution >= 4 is 29.9 Å². The molecule has 1 aliphatic rings. The van der Waals surface area contributed by atoms with Crippen molar-refractivity contribution in [2.24, 2.45) is 4.99 Å². The van der Waals surface area contributed by atoms with Gasteiger partial charge in [0.2, 0.25) is 0 Å². The van der Waals surface area contributed by atoms with Crippen LogP contribution in [0.1, 0.15) is 37.0 Å². The first-order valence-corrected chi connectivity index (χ1v) is 8.71. The van der Waals surface area contributed by atoms with Gasteiger partial charge < -0.3 is 15.1 Å². The molecule has 1 saturated heterocycles. The SMILES string of the molecule is CN=C(NCc1nccn1C(F)F)NCC(c1ccco1)N1CCCC1.I. The second-order valence-electron chi connectivity index (χ2n) is 6.11. The Labute approximate surface area is 174 Å². The van der Waals surface area contributed by atoms with Crippen LogP contribution in [0.25, 0.3) is 0 Å². The van der Waals surface area contributed by atoms with Crippen LogP contribution >= 0.6 is 24.0 Å². The Morgan fingerprint density at radius 2 is 2.11 bits per heavy atom. The number of imidazole rings is 1. The molecule has 7 nitrogen and oxygen atoms in total. The summed E-state index contributed by atoms with van der Waals surface area (Å²) in [6.45, 7) is 0.223. The van der Waals surface area contributed by atoms with Crippen molar-refractivity contribution in [3.8, 4) is 0 Å². The van der Waals surface area contributed by atoms with E-state index >= 15 is 0 Å². The molecule has 0 bridgehead atoms. The van der Waals surface area contributed by atoms with Gasteiger partial charge in [-0.1, -0.05) is 0 Å². The van der Waals surface area contributed by atoms with Gasteiger partial charge in [0.1, 0.15) is 11.6 Å². The van der Waals surface area contributed by atoms with E-state index in [1.807, 2.05) is 12.1 Å².